The summed E-state index contributed by atoms with van der Waals surface area (Å²) in [5.74, 6) is -0.0531. The predicted octanol–water partition coefficient (Wildman–Crippen LogP) is 3.78. The second-order valence-electron chi connectivity index (χ2n) is 7.81. The molecule has 2 aromatic rings. The van der Waals surface area contributed by atoms with Crippen LogP contribution >= 0.6 is 0 Å². The first-order valence-electron chi connectivity index (χ1n) is 10.5. The lowest BCUT2D eigenvalue weighted by Crippen LogP contribution is -2.45. The molecule has 2 atom stereocenters. The maximum absolute atomic E-state index is 12.6. The van der Waals surface area contributed by atoms with Crippen molar-refractivity contribution < 1.29 is 9.59 Å². The van der Waals surface area contributed by atoms with Crippen LogP contribution in [0.25, 0.3) is 0 Å². The third-order valence-electron chi connectivity index (χ3n) is 5.55. The number of benzene rings is 2. The number of carbonyl (C=O) groups excluding carboxylic acids is 2. The lowest BCUT2D eigenvalue weighted by atomic mass is 9.97. The highest BCUT2D eigenvalue weighted by molar-refractivity contribution is 5.92. The molecule has 154 valence electrons. The first-order chi connectivity index (χ1) is 14.0. The third-order valence-corrected chi connectivity index (χ3v) is 5.55. The number of likely N-dealkylation sites (tertiary alicyclic amines) is 1. The molecule has 3 rings (SSSR count). The molecular weight excluding hydrogens is 362 g/mol. The molecule has 0 spiro atoms. The molecule has 1 heterocycles. The van der Waals surface area contributed by atoms with Gasteiger partial charge in [-0.1, -0.05) is 49.4 Å². The van der Waals surface area contributed by atoms with E-state index < -0.39 is 0 Å². The molecule has 5 heteroatoms. The monoisotopic (exact) mass is 393 g/mol. The zero-order valence-electron chi connectivity index (χ0n) is 17.4. The molecular formula is C24H31N3O2. The van der Waals surface area contributed by atoms with Gasteiger partial charge in [0.25, 0.3) is 0 Å². The molecule has 2 aromatic carbocycles. The lowest BCUT2D eigenvalue weighted by molar-refractivity contribution is -0.126. The summed E-state index contributed by atoms with van der Waals surface area (Å²) in [6.07, 6.45) is 2.79. The van der Waals surface area contributed by atoms with Crippen LogP contribution in [0.2, 0.25) is 0 Å². The molecule has 5 nitrogen and oxygen atoms in total. The van der Waals surface area contributed by atoms with Crippen LogP contribution in [0.4, 0.5) is 5.69 Å². The minimum Gasteiger partial charge on any atom is -0.348 e. The maximum Gasteiger partial charge on any atom is 0.234 e. The molecule has 0 aliphatic carbocycles. The van der Waals surface area contributed by atoms with Crippen molar-refractivity contribution >= 4 is 17.5 Å². The molecule has 1 fully saturated rings. The molecule has 0 saturated carbocycles. The van der Waals surface area contributed by atoms with E-state index in [2.05, 4.69) is 46.7 Å². The van der Waals surface area contributed by atoms with Gasteiger partial charge >= 0.3 is 0 Å². The topological polar surface area (TPSA) is 61.4 Å². The van der Waals surface area contributed by atoms with Crippen molar-refractivity contribution in [2.45, 2.75) is 39.2 Å². The van der Waals surface area contributed by atoms with Crippen molar-refractivity contribution in [3.8, 4) is 0 Å². The summed E-state index contributed by atoms with van der Waals surface area (Å²) < 4.78 is 0. The Morgan fingerprint density at radius 2 is 1.83 bits per heavy atom. The smallest absolute Gasteiger partial charge is 0.234 e. The van der Waals surface area contributed by atoms with E-state index in [0.717, 1.165) is 37.1 Å². The van der Waals surface area contributed by atoms with E-state index >= 15 is 0 Å². The van der Waals surface area contributed by atoms with Crippen molar-refractivity contribution in [3.63, 3.8) is 0 Å². The van der Waals surface area contributed by atoms with Gasteiger partial charge in [0.05, 0.1) is 18.5 Å². The molecule has 0 radical (unpaired) electrons. The number of hydrogen-bond donors (Lipinski definition) is 2. The second kappa shape index (κ2) is 10.2. The van der Waals surface area contributed by atoms with Gasteiger partial charge in [0, 0.05) is 12.2 Å². The minimum atomic E-state index is -0.0873. The van der Waals surface area contributed by atoms with Crippen LogP contribution < -0.4 is 10.6 Å². The molecule has 29 heavy (non-hydrogen) atoms. The summed E-state index contributed by atoms with van der Waals surface area (Å²) in [4.78, 5) is 27.2. The molecule has 0 aromatic heterocycles. The van der Waals surface area contributed by atoms with Gasteiger partial charge in [0.15, 0.2) is 0 Å². The standard InChI is InChI=1S/C24H31N3O2/c1-3-19-11-13-20(14-12-19)18(2)25-23(28)17-27-15-7-8-21(16-27)24(29)26-22-9-5-4-6-10-22/h4-6,9-14,18,21H,3,7-8,15-17H2,1-2H3,(H,25,28)(H,26,29)/t18-,21-/m1/s1. The molecule has 1 aliphatic rings. The number of anilines is 1. The Kier molecular flexibility index (Phi) is 7.42. The van der Waals surface area contributed by atoms with Crippen LogP contribution in [0.5, 0.6) is 0 Å². The largest absolute Gasteiger partial charge is 0.348 e. The molecule has 0 unspecified atom stereocenters. The number of nitrogens with zero attached hydrogens (tertiary/aromatic N) is 1. The van der Waals surface area contributed by atoms with E-state index in [9.17, 15) is 9.59 Å². The summed E-state index contributed by atoms with van der Waals surface area (Å²) in [7, 11) is 0. The predicted molar refractivity (Wildman–Crippen MR) is 117 cm³/mol. The minimum absolute atomic E-state index is 0.00110. The molecule has 2 N–H and O–H groups in total. The van der Waals surface area contributed by atoms with Gasteiger partial charge in [-0.15, -0.1) is 0 Å². The second-order valence-corrected chi connectivity index (χ2v) is 7.81. The first-order valence-corrected chi connectivity index (χ1v) is 10.5. The van der Waals surface area contributed by atoms with Crippen molar-refractivity contribution in [2.24, 2.45) is 5.92 Å². The highest BCUT2D eigenvalue weighted by Gasteiger charge is 2.27. The van der Waals surface area contributed by atoms with Gasteiger partial charge in [-0.2, -0.15) is 0 Å². The number of hydrogen-bond acceptors (Lipinski definition) is 3. The van der Waals surface area contributed by atoms with Gasteiger partial charge in [-0.05, 0) is 56.0 Å². The zero-order valence-corrected chi connectivity index (χ0v) is 17.4. The van der Waals surface area contributed by atoms with E-state index in [1.165, 1.54) is 5.56 Å². The Bertz CT molecular complexity index is 805. The van der Waals surface area contributed by atoms with Crippen LogP contribution in [0.1, 0.15) is 43.9 Å². The van der Waals surface area contributed by atoms with Gasteiger partial charge in [-0.3, -0.25) is 14.5 Å². The van der Waals surface area contributed by atoms with Crippen molar-refractivity contribution in [1.82, 2.24) is 10.2 Å². The SMILES string of the molecule is CCc1ccc([C@@H](C)NC(=O)CN2CCC[C@@H](C(=O)Nc3ccccc3)C2)cc1. The fourth-order valence-electron chi connectivity index (χ4n) is 3.79. The maximum atomic E-state index is 12.6. The number of carbonyl (C=O) groups is 2. The highest BCUT2D eigenvalue weighted by Crippen LogP contribution is 2.19. The van der Waals surface area contributed by atoms with E-state index in [-0.39, 0.29) is 23.8 Å². The Labute approximate surface area is 173 Å². The summed E-state index contributed by atoms with van der Waals surface area (Å²) in [6.45, 7) is 5.93. The Balaban J connectivity index is 1.48. The average molecular weight is 394 g/mol. The van der Waals surface area contributed by atoms with E-state index in [0.29, 0.717) is 13.1 Å². The lowest BCUT2D eigenvalue weighted by Gasteiger charge is -2.31. The molecule has 1 saturated heterocycles. The van der Waals surface area contributed by atoms with Crippen molar-refractivity contribution in [1.29, 1.82) is 0 Å². The van der Waals surface area contributed by atoms with Crippen LogP contribution in [-0.2, 0) is 16.0 Å². The zero-order chi connectivity index (χ0) is 20.6. The van der Waals surface area contributed by atoms with E-state index in [4.69, 9.17) is 0 Å². The van der Waals surface area contributed by atoms with Gasteiger partial charge in [-0.25, -0.2) is 0 Å². The quantitative estimate of drug-likeness (QED) is 0.753. The van der Waals surface area contributed by atoms with Gasteiger partial charge in [0.2, 0.25) is 11.8 Å². The molecule has 2 amide bonds. The summed E-state index contributed by atoms with van der Waals surface area (Å²) in [5, 5.41) is 6.07. The molecule has 1 aliphatic heterocycles. The average Bonchev–Trinajstić information content (AvgIpc) is 2.74. The summed E-state index contributed by atoms with van der Waals surface area (Å²) in [6, 6.07) is 17.9. The molecule has 0 bridgehead atoms. The summed E-state index contributed by atoms with van der Waals surface area (Å²) in [5.41, 5.74) is 3.21. The fraction of sp³-hybridized carbons (Fsp3) is 0.417. The van der Waals surface area contributed by atoms with Crippen LogP contribution in [0.15, 0.2) is 54.6 Å². The van der Waals surface area contributed by atoms with Crippen molar-refractivity contribution in [2.75, 3.05) is 25.0 Å². The summed E-state index contributed by atoms with van der Waals surface area (Å²) >= 11 is 0. The normalized spacial score (nSPS) is 18.1. The Hall–Kier alpha value is -2.66. The van der Waals surface area contributed by atoms with Crippen molar-refractivity contribution in [3.05, 3.63) is 65.7 Å². The number of para-hydroxylation sites is 1. The highest BCUT2D eigenvalue weighted by atomic mass is 16.2. The Morgan fingerprint density at radius 1 is 1.10 bits per heavy atom. The van der Waals surface area contributed by atoms with Crippen LogP contribution in [-0.4, -0.2) is 36.3 Å². The number of amides is 2. The Morgan fingerprint density at radius 3 is 2.52 bits per heavy atom. The first kappa shape index (κ1) is 21.1. The van der Waals surface area contributed by atoms with Gasteiger partial charge < -0.3 is 10.6 Å². The van der Waals surface area contributed by atoms with Gasteiger partial charge in [0.1, 0.15) is 0 Å². The number of aryl methyl sites for hydroxylation is 1. The van der Waals surface area contributed by atoms with E-state index in [1.807, 2.05) is 37.3 Å². The fourth-order valence-corrected chi connectivity index (χ4v) is 3.79. The van der Waals surface area contributed by atoms with Crippen LogP contribution in [0, 0.1) is 5.92 Å². The number of piperidine rings is 1. The number of rotatable bonds is 7. The third kappa shape index (κ3) is 6.16. The van der Waals surface area contributed by atoms with E-state index in [1.54, 1.807) is 0 Å². The number of nitrogens with one attached hydrogen (secondary N) is 2. The van der Waals surface area contributed by atoms with Crippen LogP contribution in [0.3, 0.4) is 0 Å².